The summed E-state index contributed by atoms with van der Waals surface area (Å²) >= 11 is 3.27. The number of carboxylic acids is 1. The Morgan fingerprint density at radius 2 is 1.71 bits per heavy atom. The topological polar surface area (TPSA) is 59.7 Å². The molecule has 4 aromatic rings. The molecule has 0 amide bonds. The summed E-state index contributed by atoms with van der Waals surface area (Å²) < 4.78 is 50.5. The lowest BCUT2D eigenvalue weighted by Crippen LogP contribution is -2.09. The van der Waals surface area contributed by atoms with Crippen molar-refractivity contribution in [3.8, 4) is 16.9 Å². The molecule has 0 unspecified atom stereocenters. The minimum Gasteiger partial charge on any atom is -0.482 e. The second-order valence-corrected chi connectivity index (χ2v) is 10.5. The molecule has 3 aromatic carbocycles. The van der Waals surface area contributed by atoms with Crippen molar-refractivity contribution in [3.05, 3.63) is 107 Å². The van der Waals surface area contributed by atoms with Crippen molar-refractivity contribution in [1.82, 2.24) is 0 Å². The zero-order valence-corrected chi connectivity index (χ0v) is 22.1. The molecule has 4 nitrogen and oxygen atoms in total. The number of aliphatic carboxylic acids is 1. The van der Waals surface area contributed by atoms with Crippen LogP contribution in [0.15, 0.2) is 88.4 Å². The summed E-state index contributed by atoms with van der Waals surface area (Å²) in [6, 6.07) is 20.7. The van der Waals surface area contributed by atoms with Crippen LogP contribution in [0, 0.1) is 6.92 Å². The molecule has 0 aliphatic carbocycles. The van der Waals surface area contributed by atoms with E-state index in [9.17, 15) is 18.0 Å². The zero-order chi connectivity index (χ0) is 27.1. The molecule has 0 atom stereocenters. The monoisotopic (exact) mass is 558 g/mol. The molecule has 4 rings (SSSR count). The largest absolute Gasteiger partial charge is 0.482 e. The molecule has 0 saturated carbocycles. The number of furan rings is 1. The van der Waals surface area contributed by atoms with Gasteiger partial charge < -0.3 is 14.3 Å². The van der Waals surface area contributed by atoms with Crippen LogP contribution in [0.1, 0.15) is 28.0 Å². The molecule has 0 bridgehead atoms. The SMILES string of the molecule is Cc1cc(SCc2c(-c3ccc(C(F)(F)F)cc3)coc2CSCc2ccccc2)ccc1OCC(=O)O. The lowest BCUT2D eigenvalue weighted by Gasteiger charge is -2.11. The quantitative estimate of drug-likeness (QED) is 0.186. The van der Waals surface area contributed by atoms with Crippen molar-refractivity contribution in [2.24, 2.45) is 0 Å². The number of thioether (sulfide) groups is 2. The van der Waals surface area contributed by atoms with E-state index in [4.69, 9.17) is 14.3 Å². The summed E-state index contributed by atoms with van der Waals surface area (Å²) in [6.07, 6.45) is -2.78. The minimum atomic E-state index is -4.40. The van der Waals surface area contributed by atoms with E-state index in [1.165, 1.54) is 17.7 Å². The highest BCUT2D eigenvalue weighted by molar-refractivity contribution is 7.98. The highest BCUT2D eigenvalue weighted by Gasteiger charge is 2.30. The average Bonchev–Trinajstić information content (AvgIpc) is 3.29. The number of carbonyl (C=O) groups is 1. The molecular weight excluding hydrogens is 533 g/mol. The lowest BCUT2D eigenvalue weighted by molar-refractivity contribution is -0.139. The smallest absolute Gasteiger partial charge is 0.416 e. The third-order valence-electron chi connectivity index (χ3n) is 5.73. The van der Waals surface area contributed by atoms with E-state index in [0.29, 0.717) is 22.8 Å². The third kappa shape index (κ3) is 7.39. The van der Waals surface area contributed by atoms with Gasteiger partial charge in [-0.05, 0) is 53.9 Å². The van der Waals surface area contributed by atoms with Crippen LogP contribution in [0.4, 0.5) is 13.2 Å². The molecule has 1 aromatic heterocycles. The van der Waals surface area contributed by atoms with Gasteiger partial charge in [-0.25, -0.2) is 4.79 Å². The van der Waals surface area contributed by atoms with E-state index in [2.05, 4.69) is 12.1 Å². The average molecular weight is 559 g/mol. The number of carboxylic acid groups (broad SMARTS) is 1. The molecule has 0 fully saturated rings. The maximum absolute atomic E-state index is 13.1. The third-order valence-corrected chi connectivity index (χ3v) is 7.75. The number of aryl methyl sites for hydroxylation is 1. The van der Waals surface area contributed by atoms with Gasteiger partial charge >= 0.3 is 12.1 Å². The lowest BCUT2D eigenvalue weighted by atomic mass is 10.0. The highest BCUT2D eigenvalue weighted by Crippen LogP contribution is 2.38. The van der Waals surface area contributed by atoms with Gasteiger partial charge in [0.1, 0.15) is 11.5 Å². The van der Waals surface area contributed by atoms with E-state index in [-0.39, 0.29) is 0 Å². The molecule has 0 radical (unpaired) electrons. The van der Waals surface area contributed by atoms with Crippen molar-refractivity contribution in [2.75, 3.05) is 6.61 Å². The van der Waals surface area contributed by atoms with Crippen molar-refractivity contribution >= 4 is 29.5 Å². The minimum absolute atomic E-state index is 0.414. The molecule has 9 heteroatoms. The standard InChI is InChI=1S/C29H25F3O4S2/c1-19-13-23(11-12-26(19)36-15-28(33)34)38-17-25-24(21-7-9-22(10-8-21)29(30,31)32)14-35-27(25)18-37-16-20-5-3-2-4-6-20/h2-14H,15-18H2,1H3,(H,33,34). The molecule has 0 aliphatic rings. The summed E-state index contributed by atoms with van der Waals surface area (Å²) in [5.41, 5.74) is 3.66. The molecule has 1 N–H and O–H groups in total. The van der Waals surface area contributed by atoms with Crippen LogP contribution in [0.25, 0.3) is 11.1 Å². The van der Waals surface area contributed by atoms with Crippen molar-refractivity contribution in [1.29, 1.82) is 0 Å². The van der Waals surface area contributed by atoms with Gasteiger partial charge in [-0.15, -0.1) is 23.5 Å². The summed E-state index contributed by atoms with van der Waals surface area (Å²) in [7, 11) is 0. The number of hydrogen-bond donors (Lipinski definition) is 1. The maximum Gasteiger partial charge on any atom is 0.416 e. The van der Waals surface area contributed by atoms with Gasteiger partial charge in [0.15, 0.2) is 6.61 Å². The normalized spacial score (nSPS) is 11.5. The summed E-state index contributed by atoms with van der Waals surface area (Å²) in [5, 5.41) is 8.84. The second-order valence-electron chi connectivity index (χ2n) is 8.50. The summed E-state index contributed by atoms with van der Waals surface area (Å²) in [5.74, 6) is 2.21. The van der Waals surface area contributed by atoms with Crippen LogP contribution < -0.4 is 4.74 Å². The van der Waals surface area contributed by atoms with Gasteiger partial charge in [0.25, 0.3) is 0 Å². The Morgan fingerprint density at radius 1 is 0.974 bits per heavy atom. The maximum atomic E-state index is 13.1. The van der Waals surface area contributed by atoms with Crippen LogP contribution in [-0.2, 0) is 28.2 Å². The number of ether oxygens (including phenoxy) is 1. The Morgan fingerprint density at radius 3 is 2.37 bits per heavy atom. The van der Waals surface area contributed by atoms with Crippen LogP contribution in [-0.4, -0.2) is 17.7 Å². The van der Waals surface area contributed by atoms with Crippen LogP contribution >= 0.6 is 23.5 Å². The van der Waals surface area contributed by atoms with Crippen LogP contribution in [0.2, 0.25) is 0 Å². The number of alkyl halides is 3. The number of benzene rings is 3. The van der Waals surface area contributed by atoms with Crippen LogP contribution in [0.3, 0.4) is 0 Å². The first-order valence-corrected chi connectivity index (χ1v) is 13.8. The van der Waals surface area contributed by atoms with Crippen molar-refractivity contribution < 1.29 is 32.2 Å². The van der Waals surface area contributed by atoms with Gasteiger partial charge in [-0.3, -0.25) is 0 Å². The fourth-order valence-corrected chi connectivity index (χ4v) is 5.80. The predicted octanol–water partition coefficient (Wildman–Crippen LogP) is 8.46. The van der Waals surface area contributed by atoms with Crippen molar-refractivity contribution in [3.63, 3.8) is 0 Å². The summed E-state index contributed by atoms with van der Waals surface area (Å²) in [4.78, 5) is 11.7. The van der Waals surface area contributed by atoms with Crippen molar-refractivity contribution in [2.45, 2.75) is 35.3 Å². The molecule has 38 heavy (non-hydrogen) atoms. The van der Waals surface area contributed by atoms with Gasteiger partial charge in [0.2, 0.25) is 0 Å². The van der Waals surface area contributed by atoms with E-state index in [1.807, 2.05) is 37.3 Å². The molecular formula is C29H25F3O4S2. The van der Waals surface area contributed by atoms with E-state index >= 15 is 0 Å². The summed E-state index contributed by atoms with van der Waals surface area (Å²) in [6.45, 7) is 1.43. The van der Waals surface area contributed by atoms with Gasteiger partial charge in [-0.1, -0.05) is 42.5 Å². The molecule has 0 aliphatic heterocycles. The molecule has 0 saturated heterocycles. The van der Waals surface area contributed by atoms with Gasteiger partial charge in [-0.2, -0.15) is 13.2 Å². The second kappa shape index (κ2) is 12.5. The molecule has 198 valence electrons. The molecule has 0 spiro atoms. The predicted molar refractivity (Wildman–Crippen MR) is 144 cm³/mol. The first-order chi connectivity index (χ1) is 18.2. The Kier molecular flexibility index (Phi) is 9.12. The number of hydrogen-bond acceptors (Lipinski definition) is 5. The number of halogens is 3. The Labute approximate surface area is 227 Å². The first kappa shape index (κ1) is 27.7. The van der Waals surface area contributed by atoms with E-state index < -0.39 is 24.3 Å². The Balaban J connectivity index is 1.54. The van der Waals surface area contributed by atoms with Gasteiger partial charge in [0, 0.05) is 27.5 Å². The Bertz CT molecular complexity index is 1370. The van der Waals surface area contributed by atoms with Gasteiger partial charge in [0.05, 0.1) is 17.6 Å². The fraction of sp³-hybridized carbons (Fsp3) is 0.207. The fourth-order valence-electron chi connectivity index (χ4n) is 3.79. The first-order valence-electron chi connectivity index (χ1n) is 11.7. The molecule has 1 heterocycles. The number of rotatable bonds is 11. The zero-order valence-electron chi connectivity index (χ0n) is 20.5. The highest BCUT2D eigenvalue weighted by atomic mass is 32.2. The van der Waals surface area contributed by atoms with Crippen LogP contribution in [0.5, 0.6) is 5.75 Å². The van der Waals surface area contributed by atoms with E-state index in [0.717, 1.165) is 45.2 Å². The van der Waals surface area contributed by atoms with E-state index in [1.54, 1.807) is 35.9 Å². The Hall–Kier alpha value is -3.30.